The predicted octanol–water partition coefficient (Wildman–Crippen LogP) is 2.84. The molecular formula is C19H17N3O3. The van der Waals surface area contributed by atoms with Crippen LogP contribution in [0.3, 0.4) is 0 Å². The van der Waals surface area contributed by atoms with E-state index in [0.29, 0.717) is 22.2 Å². The van der Waals surface area contributed by atoms with Crippen LogP contribution in [-0.4, -0.2) is 22.6 Å². The number of nitrogens with zero attached hydrogens (tertiary/aromatic N) is 2. The Kier molecular flexibility index (Phi) is 4.61. The van der Waals surface area contributed by atoms with Crippen LogP contribution < -0.4 is 15.6 Å². The zero-order valence-electron chi connectivity index (χ0n) is 13.7. The van der Waals surface area contributed by atoms with Gasteiger partial charge < -0.3 is 10.1 Å². The molecule has 3 rings (SSSR count). The van der Waals surface area contributed by atoms with Gasteiger partial charge in [0.05, 0.1) is 19.0 Å². The van der Waals surface area contributed by atoms with Crippen molar-refractivity contribution in [1.82, 2.24) is 9.55 Å². The number of hydrogen-bond donors (Lipinski definition) is 1. The predicted molar refractivity (Wildman–Crippen MR) is 97.1 cm³/mol. The van der Waals surface area contributed by atoms with Crippen LogP contribution in [0.2, 0.25) is 0 Å². The second-order valence-corrected chi connectivity index (χ2v) is 5.38. The maximum atomic E-state index is 12.8. The average molecular weight is 335 g/mol. The highest BCUT2D eigenvalue weighted by Gasteiger charge is 2.15. The van der Waals surface area contributed by atoms with Gasteiger partial charge in [0.1, 0.15) is 11.4 Å². The van der Waals surface area contributed by atoms with Gasteiger partial charge in [0.25, 0.3) is 11.5 Å². The summed E-state index contributed by atoms with van der Waals surface area (Å²) in [6, 6.07) is 10.3. The molecule has 3 aromatic rings. The first kappa shape index (κ1) is 16.4. The first-order valence-corrected chi connectivity index (χ1v) is 7.68. The van der Waals surface area contributed by atoms with E-state index in [9.17, 15) is 9.59 Å². The summed E-state index contributed by atoms with van der Waals surface area (Å²) in [5.74, 6) is 0.226. The third-order valence-electron chi connectivity index (χ3n) is 3.78. The maximum Gasteiger partial charge on any atom is 0.272 e. The number of carbonyl (C=O) groups is 1. The smallest absolute Gasteiger partial charge is 0.272 e. The lowest BCUT2D eigenvalue weighted by molar-refractivity contribution is 0.101. The molecule has 1 amide bonds. The van der Waals surface area contributed by atoms with Gasteiger partial charge in [0, 0.05) is 18.1 Å². The van der Waals surface area contributed by atoms with E-state index in [-0.39, 0.29) is 17.8 Å². The summed E-state index contributed by atoms with van der Waals surface area (Å²) in [6.07, 6.45) is 4.74. The highest BCUT2D eigenvalue weighted by molar-refractivity contribution is 6.05. The van der Waals surface area contributed by atoms with Crippen LogP contribution in [-0.2, 0) is 6.54 Å². The lowest BCUT2D eigenvalue weighted by Crippen LogP contribution is -2.28. The molecule has 0 atom stereocenters. The highest BCUT2D eigenvalue weighted by Crippen LogP contribution is 2.20. The van der Waals surface area contributed by atoms with Gasteiger partial charge in [-0.05, 0) is 41.8 Å². The first-order chi connectivity index (χ1) is 12.1. The Morgan fingerprint density at radius 3 is 2.88 bits per heavy atom. The van der Waals surface area contributed by atoms with E-state index in [4.69, 9.17) is 4.74 Å². The van der Waals surface area contributed by atoms with Gasteiger partial charge in [-0.25, -0.2) is 0 Å². The second-order valence-electron chi connectivity index (χ2n) is 5.38. The van der Waals surface area contributed by atoms with Crippen molar-refractivity contribution in [3.63, 3.8) is 0 Å². The fraction of sp³-hybridized carbons (Fsp3) is 0.105. The molecule has 0 unspecified atom stereocenters. The number of aromatic nitrogens is 2. The molecule has 0 aliphatic rings. The summed E-state index contributed by atoms with van der Waals surface area (Å²) in [5.41, 5.74) is 0.543. The molecule has 2 heterocycles. The summed E-state index contributed by atoms with van der Waals surface area (Å²) in [5, 5.41) is 3.91. The monoisotopic (exact) mass is 335 g/mol. The van der Waals surface area contributed by atoms with Crippen molar-refractivity contribution in [2.24, 2.45) is 0 Å². The number of fused-ring (bicyclic) bond motifs is 1. The molecule has 1 aromatic carbocycles. The number of anilines is 1. The molecule has 0 radical (unpaired) electrons. The molecule has 0 saturated heterocycles. The number of carbonyl (C=O) groups excluding carboxylic acids is 1. The molecule has 1 N–H and O–H groups in total. The number of pyridine rings is 2. The third-order valence-corrected chi connectivity index (χ3v) is 3.78. The first-order valence-electron chi connectivity index (χ1n) is 7.68. The molecule has 0 bridgehead atoms. The van der Waals surface area contributed by atoms with Crippen LogP contribution in [0.5, 0.6) is 5.75 Å². The van der Waals surface area contributed by atoms with Crippen molar-refractivity contribution < 1.29 is 9.53 Å². The normalized spacial score (nSPS) is 10.4. The van der Waals surface area contributed by atoms with Crippen molar-refractivity contribution in [2.45, 2.75) is 6.54 Å². The fourth-order valence-corrected chi connectivity index (χ4v) is 2.59. The Hall–Kier alpha value is -3.41. The van der Waals surface area contributed by atoms with E-state index in [1.54, 1.807) is 55.8 Å². The minimum Gasteiger partial charge on any atom is -0.497 e. The van der Waals surface area contributed by atoms with Gasteiger partial charge in [-0.3, -0.25) is 19.1 Å². The van der Waals surface area contributed by atoms with Crippen molar-refractivity contribution in [1.29, 1.82) is 0 Å². The minimum absolute atomic E-state index is 0.233. The van der Waals surface area contributed by atoms with Gasteiger partial charge in [0.15, 0.2) is 0 Å². The largest absolute Gasteiger partial charge is 0.497 e. The van der Waals surface area contributed by atoms with Gasteiger partial charge in [-0.1, -0.05) is 6.08 Å². The van der Waals surface area contributed by atoms with Gasteiger partial charge >= 0.3 is 0 Å². The van der Waals surface area contributed by atoms with Crippen LogP contribution in [0.25, 0.3) is 10.8 Å². The van der Waals surface area contributed by atoms with Crippen molar-refractivity contribution >= 4 is 22.4 Å². The molecule has 0 aliphatic carbocycles. The average Bonchev–Trinajstić information content (AvgIpc) is 2.64. The van der Waals surface area contributed by atoms with E-state index >= 15 is 0 Å². The maximum absolute atomic E-state index is 12.8. The van der Waals surface area contributed by atoms with Crippen LogP contribution >= 0.6 is 0 Å². The Balaban J connectivity index is 2.14. The number of rotatable bonds is 5. The van der Waals surface area contributed by atoms with E-state index < -0.39 is 5.91 Å². The molecule has 0 aliphatic heterocycles. The zero-order chi connectivity index (χ0) is 17.8. The third kappa shape index (κ3) is 3.28. The van der Waals surface area contributed by atoms with Crippen molar-refractivity contribution in [3.8, 4) is 5.75 Å². The second kappa shape index (κ2) is 7.00. The number of allylic oxidation sites excluding steroid dienone is 1. The van der Waals surface area contributed by atoms with Crippen molar-refractivity contribution in [3.05, 3.63) is 77.5 Å². The van der Waals surface area contributed by atoms with Crippen LogP contribution in [0, 0.1) is 0 Å². The Bertz CT molecular complexity index is 994. The van der Waals surface area contributed by atoms with Crippen LogP contribution in [0.15, 0.2) is 66.2 Å². The molecule has 0 saturated carbocycles. The fourth-order valence-electron chi connectivity index (χ4n) is 2.59. The SMILES string of the molecule is C=CCn1c(C(=O)Nc2cccnc2)cc2cc(OC)ccc2c1=O. The summed E-state index contributed by atoms with van der Waals surface area (Å²) in [7, 11) is 1.55. The lowest BCUT2D eigenvalue weighted by atomic mass is 10.1. The van der Waals surface area contributed by atoms with Gasteiger partial charge in [-0.2, -0.15) is 0 Å². The molecular weight excluding hydrogens is 318 g/mol. The molecule has 126 valence electrons. The van der Waals surface area contributed by atoms with E-state index in [1.165, 1.54) is 10.8 Å². The summed E-state index contributed by atoms with van der Waals surface area (Å²) in [4.78, 5) is 29.4. The molecule has 25 heavy (non-hydrogen) atoms. The number of benzene rings is 1. The molecule has 6 heteroatoms. The highest BCUT2D eigenvalue weighted by atomic mass is 16.5. The number of nitrogens with one attached hydrogen (secondary N) is 1. The quantitative estimate of drug-likeness (QED) is 0.728. The number of methoxy groups -OCH3 is 1. The number of hydrogen-bond acceptors (Lipinski definition) is 4. The van der Waals surface area contributed by atoms with Crippen LogP contribution in [0.4, 0.5) is 5.69 Å². The Morgan fingerprint density at radius 1 is 1.36 bits per heavy atom. The molecule has 0 fully saturated rings. The molecule has 6 nitrogen and oxygen atoms in total. The zero-order valence-corrected chi connectivity index (χ0v) is 13.7. The molecule has 0 spiro atoms. The Morgan fingerprint density at radius 2 is 2.20 bits per heavy atom. The van der Waals surface area contributed by atoms with Gasteiger partial charge in [0.2, 0.25) is 0 Å². The van der Waals surface area contributed by atoms with E-state index in [0.717, 1.165) is 0 Å². The summed E-state index contributed by atoms with van der Waals surface area (Å²) >= 11 is 0. The molecule has 2 aromatic heterocycles. The van der Waals surface area contributed by atoms with Gasteiger partial charge in [-0.15, -0.1) is 6.58 Å². The minimum atomic E-state index is -0.392. The summed E-state index contributed by atoms with van der Waals surface area (Å²) in [6.45, 7) is 3.90. The number of amides is 1. The van der Waals surface area contributed by atoms with E-state index in [1.807, 2.05) is 0 Å². The summed E-state index contributed by atoms with van der Waals surface area (Å²) < 4.78 is 6.60. The van der Waals surface area contributed by atoms with Crippen molar-refractivity contribution in [2.75, 3.05) is 12.4 Å². The van der Waals surface area contributed by atoms with Crippen LogP contribution in [0.1, 0.15) is 10.5 Å². The Labute approximate surface area is 144 Å². The van der Waals surface area contributed by atoms with E-state index in [2.05, 4.69) is 16.9 Å². The lowest BCUT2D eigenvalue weighted by Gasteiger charge is -2.13. The number of ether oxygens (including phenoxy) is 1. The standard InChI is InChI=1S/C19H17N3O3/c1-3-9-22-17(18(23)21-14-5-4-8-20-12-14)11-13-10-15(25-2)6-7-16(13)19(22)24/h3-8,10-12H,1,9H2,2H3,(H,21,23). The topological polar surface area (TPSA) is 73.2 Å².